The van der Waals surface area contributed by atoms with Gasteiger partial charge in [-0.05, 0) is 34.5 Å². The predicted octanol–water partition coefficient (Wildman–Crippen LogP) is 4.53. The molecule has 3 aromatic rings. The van der Waals surface area contributed by atoms with Crippen molar-refractivity contribution in [1.29, 1.82) is 0 Å². The fraction of sp³-hybridized carbons (Fsp3) is 0.235. The molecule has 25 heavy (non-hydrogen) atoms. The second-order valence-electron chi connectivity index (χ2n) is 5.87. The van der Waals surface area contributed by atoms with E-state index in [1.807, 2.05) is 4.57 Å². The Hall–Kier alpha value is -2.06. The highest BCUT2D eigenvalue weighted by Crippen LogP contribution is 2.43. The maximum absolute atomic E-state index is 13.8. The van der Waals surface area contributed by atoms with Gasteiger partial charge in [-0.15, -0.1) is 0 Å². The first kappa shape index (κ1) is 16.4. The van der Waals surface area contributed by atoms with Gasteiger partial charge in [0.25, 0.3) is 0 Å². The second kappa shape index (κ2) is 6.03. The molecule has 2 heterocycles. The number of rotatable bonds is 3. The number of alkyl halides is 2. The Morgan fingerprint density at radius 1 is 1.28 bits per heavy atom. The first-order valence-corrected chi connectivity index (χ1v) is 8.41. The summed E-state index contributed by atoms with van der Waals surface area (Å²) in [6.45, 7) is -2.92. The zero-order chi connectivity index (χ0) is 17.7. The molecule has 0 aliphatic carbocycles. The van der Waals surface area contributed by atoms with Crippen LogP contribution in [-0.2, 0) is 0 Å². The average molecular weight is 412 g/mol. The van der Waals surface area contributed by atoms with Gasteiger partial charge in [0.1, 0.15) is 17.4 Å². The number of ether oxygens (including phenoxy) is 1. The predicted molar refractivity (Wildman–Crippen MR) is 90.1 cm³/mol. The molecular weight excluding hydrogens is 399 g/mol. The summed E-state index contributed by atoms with van der Waals surface area (Å²) in [5.74, 6) is 0.283. The number of hydrogen-bond acceptors (Lipinski definition) is 3. The Labute approximate surface area is 149 Å². The van der Waals surface area contributed by atoms with Gasteiger partial charge in [0.05, 0.1) is 27.6 Å². The van der Waals surface area contributed by atoms with Gasteiger partial charge >= 0.3 is 6.61 Å². The molecule has 2 atom stereocenters. The zero-order valence-electron chi connectivity index (χ0n) is 12.8. The van der Waals surface area contributed by atoms with Crippen LogP contribution in [0.2, 0.25) is 0 Å². The highest BCUT2D eigenvalue weighted by Gasteiger charge is 2.35. The molecule has 0 amide bonds. The topological polar surface area (TPSA) is 53.1 Å². The van der Waals surface area contributed by atoms with E-state index in [4.69, 9.17) is 5.73 Å². The van der Waals surface area contributed by atoms with Crippen LogP contribution >= 0.6 is 15.9 Å². The summed E-state index contributed by atoms with van der Waals surface area (Å²) in [5, 5.41) is 0. The van der Waals surface area contributed by atoms with Gasteiger partial charge in [0.15, 0.2) is 0 Å². The Morgan fingerprint density at radius 3 is 2.80 bits per heavy atom. The van der Waals surface area contributed by atoms with Crippen LogP contribution in [0.3, 0.4) is 0 Å². The largest absolute Gasteiger partial charge is 0.434 e. The molecule has 1 aliphatic rings. The molecule has 2 N–H and O–H groups in total. The molecule has 4 rings (SSSR count). The summed E-state index contributed by atoms with van der Waals surface area (Å²) in [6, 6.07) is 8.88. The second-order valence-corrected chi connectivity index (χ2v) is 6.72. The van der Waals surface area contributed by atoms with E-state index < -0.39 is 12.4 Å². The maximum atomic E-state index is 13.8. The van der Waals surface area contributed by atoms with E-state index >= 15 is 0 Å². The summed E-state index contributed by atoms with van der Waals surface area (Å²) < 4.78 is 46.1. The average Bonchev–Trinajstić information content (AvgIpc) is 3.06. The molecule has 0 fully saturated rings. The van der Waals surface area contributed by atoms with Crippen molar-refractivity contribution in [1.82, 2.24) is 9.55 Å². The molecule has 0 saturated heterocycles. The van der Waals surface area contributed by atoms with Crippen molar-refractivity contribution < 1.29 is 17.9 Å². The summed E-state index contributed by atoms with van der Waals surface area (Å²) >= 11 is 3.18. The Morgan fingerprint density at radius 2 is 2.04 bits per heavy atom. The van der Waals surface area contributed by atoms with E-state index in [1.165, 1.54) is 12.1 Å². The highest BCUT2D eigenvalue weighted by atomic mass is 79.9. The van der Waals surface area contributed by atoms with Crippen LogP contribution in [0.25, 0.3) is 11.0 Å². The van der Waals surface area contributed by atoms with Crippen LogP contribution in [0.1, 0.15) is 29.9 Å². The van der Waals surface area contributed by atoms with Crippen molar-refractivity contribution >= 4 is 27.0 Å². The third kappa shape index (κ3) is 2.69. The minimum atomic E-state index is -2.92. The van der Waals surface area contributed by atoms with Gasteiger partial charge in [0, 0.05) is 11.6 Å². The van der Waals surface area contributed by atoms with Crippen molar-refractivity contribution in [3.8, 4) is 5.75 Å². The lowest BCUT2D eigenvalue weighted by Gasteiger charge is -2.19. The maximum Gasteiger partial charge on any atom is 0.387 e. The molecule has 0 bridgehead atoms. The lowest BCUT2D eigenvalue weighted by atomic mass is 10.0. The quantitative estimate of drug-likeness (QED) is 0.688. The number of halogens is 4. The normalized spacial score (nSPS) is 19.6. The Bertz CT molecular complexity index is 960. The van der Waals surface area contributed by atoms with E-state index in [0.29, 0.717) is 33.3 Å². The fourth-order valence-electron chi connectivity index (χ4n) is 3.37. The number of para-hydroxylation sites is 1. The van der Waals surface area contributed by atoms with Crippen molar-refractivity contribution in [3.63, 3.8) is 0 Å². The highest BCUT2D eigenvalue weighted by molar-refractivity contribution is 9.10. The standard InChI is InChI=1S/C17H13BrF3N3O/c18-9-5-14-12(6-10(9)19)23-16-11(22)7-13(24(14)16)8-3-1-2-4-15(8)25-17(20)21/h1-6,11,13,17H,7,22H2/t11?,13-/m0/s1. The molecule has 1 aromatic heterocycles. The van der Waals surface area contributed by atoms with Crippen molar-refractivity contribution in [2.45, 2.75) is 25.1 Å². The summed E-state index contributed by atoms with van der Waals surface area (Å²) in [5.41, 5.74) is 7.94. The van der Waals surface area contributed by atoms with Gasteiger partial charge in [-0.25, -0.2) is 9.37 Å². The molecule has 4 nitrogen and oxygen atoms in total. The Kier molecular flexibility index (Phi) is 3.96. The van der Waals surface area contributed by atoms with Crippen LogP contribution in [0, 0.1) is 5.82 Å². The van der Waals surface area contributed by atoms with E-state index in [2.05, 4.69) is 25.7 Å². The van der Waals surface area contributed by atoms with Gasteiger partial charge in [-0.3, -0.25) is 0 Å². The van der Waals surface area contributed by atoms with Crippen LogP contribution in [-0.4, -0.2) is 16.2 Å². The fourth-order valence-corrected chi connectivity index (χ4v) is 3.71. The molecule has 1 aliphatic heterocycles. The van der Waals surface area contributed by atoms with Gasteiger partial charge in [-0.1, -0.05) is 18.2 Å². The number of nitrogens with two attached hydrogens (primary N) is 1. The molecule has 1 unspecified atom stereocenters. The van der Waals surface area contributed by atoms with E-state index in [1.54, 1.807) is 24.3 Å². The third-order valence-corrected chi connectivity index (χ3v) is 4.98. The van der Waals surface area contributed by atoms with Gasteiger partial charge < -0.3 is 15.0 Å². The van der Waals surface area contributed by atoms with Crippen LogP contribution < -0.4 is 10.5 Å². The van der Waals surface area contributed by atoms with Crippen LogP contribution in [0.15, 0.2) is 40.9 Å². The monoisotopic (exact) mass is 411 g/mol. The molecular formula is C17H13BrF3N3O. The van der Waals surface area contributed by atoms with Crippen molar-refractivity contribution in [3.05, 3.63) is 58.1 Å². The lowest BCUT2D eigenvalue weighted by molar-refractivity contribution is -0.0506. The molecule has 8 heteroatoms. The zero-order valence-corrected chi connectivity index (χ0v) is 14.4. The number of imidazole rings is 1. The molecule has 2 aromatic carbocycles. The Balaban J connectivity index is 1.90. The van der Waals surface area contributed by atoms with Crippen LogP contribution in [0.4, 0.5) is 13.2 Å². The first-order valence-electron chi connectivity index (χ1n) is 7.62. The van der Waals surface area contributed by atoms with E-state index in [9.17, 15) is 13.2 Å². The minimum Gasteiger partial charge on any atom is -0.434 e. The smallest absolute Gasteiger partial charge is 0.387 e. The number of fused-ring (bicyclic) bond motifs is 3. The number of nitrogens with zero attached hydrogens (tertiary/aromatic N) is 2. The van der Waals surface area contributed by atoms with E-state index in [-0.39, 0.29) is 17.8 Å². The summed E-state index contributed by atoms with van der Waals surface area (Å²) in [7, 11) is 0. The van der Waals surface area contributed by atoms with Crippen LogP contribution in [0.5, 0.6) is 5.75 Å². The van der Waals surface area contributed by atoms with E-state index in [0.717, 1.165) is 0 Å². The molecule has 130 valence electrons. The molecule has 0 saturated carbocycles. The van der Waals surface area contributed by atoms with Crippen molar-refractivity contribution in [2.75, 3.05) is 0 Å². The van der Waals surface area contributed by atoms with Crippen molar-refractivity contribution in [2.24, 2.45) is 5.73 Å². The molecule has 0 spiro atoms. The summed E-state index contributed by atoms with van der Waals surface area (Å²) in [6.07, 6.45) is 0.497. The number of benzene rings is 2. The van der Waals surface area contributed by atoms with Gasteiger partial charge in [0.2, 0.25) is 0 Å². The number of aromatic nitrogens is 2. The molecule has 0 radical (unpaired) electrons. The number of hydrogen-bond donors (Lipinski definition) is 1. The minimum absolute atomic E-state index is 0.102. The lowest BCUT2D eigenvalue weighted by Crippen LogP contribution is -2.11. The first-order chi connectivity index (χ1) is 12.0. The summed E-state index contributed by atoms with van der Waals surface area (Å²) in [4.78, 5) is 4.43. The third-order valence-electron chi connectivity index (χ3n) is 4.37. The SMILES string of the molecule is NC1C[C@@H](c2ccccc2OC(F)F)n2c1nc1cc(F)c(Br)cc12. The van der Waals surface area contributed by atoms with Gasteiger partial charge in [-0.2, -0.15) is 8.78 Å².